The Morgan fingerprint density at radius 1 is 1.23 bits per heavy atom. The number of piperidine rings is 1. The van der Waals surface area contributed by atoms with E-state index < -0.39 is 10.0 Å². The zero-order valence-electron chi connectivity index (χ0n) is 16.1. The van der Waals surface area contributed by atoms with Crippen LogP contribution >= 0.6 is 24.0 Å². The van der Waals surface area contributed by atoms with E-state index in [4.69, 9.17) is 4.99 Å². The second-order valence-electron chi connectivity index (χ2n) is 6.77. The summed E-state index contributed by atoms with van der Waals surface area (Å²) < 4.78 is 25.4. The van der Waals surface area contributed by atoms with Gasteiger partial charge in [-0.15, -0.1) is 24.0 Å². The number of nitrogens with zero attached hydrogens (tertiary/aromatic N) is 3. The van der Waals surface area contributed by atoms with Crippen LogP contribution in [0, 0.1) is 5.92 Å². The molecule has 1 aromatic rings. The van der Waals surface area contributed by atoms with E-state index in [-0.39, 0.29) is 24.0 Å². The highest BCUT2D eigenvalue weighted by molar-refractivity contribution is 14.0. The lowest BCUT2D eigenvalue weighted by Gasteiger charge is -2.33. The van der Waals surface area contributed by atoms with Crippen LogP contribution in [0.1, 0.15) is 32.3 Å². The summed E-state index contributed by atoms with van der Waals surface area (Å²) in [5, 5.41) is 3.36. The number of aliphatic imine (C=N–C) groups is 1. The molecule has 148 valence electrons. The Morgan fingerprint density at radius 3 is 2.31 bits per heavy atom. The van der Waals surface area contributed by atoms with Crippen LogP contribution in [0.4, 0.5) is 0 Å². The molecule has 6 nitrogen and oxygen atoms in total. The third-order valence-corrected chi connectivity index (χ3v) is 6.36. The molecule has 0 bridgehead atoms. The number of rotatable bonds is 5. The predicted octanol–water partition coefficient (Wildman–Crippen LogP) is 2.75. The van der Waals surface area contributed by atoms with E-state index in [2.05, 4.69) is 24.1 Å². The van der Waals surface area contributed by atoms with Crippen molar-refractivity contribution in [3.05, 3.63) is 29.8 Å². The third kappa shape index (κ3) is 6.09. The van der Waals surface area contributed by atoms with Crippen LogP contribution in [-0.4, -0.2) is 57.3 Å². The molecular formula is C18H31IN4O2S. The maximum Gasteiger partial charge on any atom is 0.242 e. The summed E-state index contributed by atoms with van der Waals surface area (Å²) in [5.41, 5.74) is 0.999. The van der Waals surface area contributed by atoms with Crippen LogP contribution in [0.5, 0.6) is 0 Å². The lowest BCUT2D eigenvalue weighted by Crippen LogP contribution is -2.45. The minimum absolute atomic E-state index is 0. The van der Waals surface area contributed by atoms with Crippen molar-refractivity contribution in [1.29, 1.82) is 0 Å². The number of likely N-dealkylation sites (tertiary alicyclic amines) is 1. The number of sulfonamides is 1. The molecule has 1 aliphatic heterocycles. The highest BCUT2D eigenvalue weighted by Gasteiger charge is 2.19. The van der Waals surface area contributed by atoms with Crippen LogP contribution in [-0.2, 0) is 16.6 Å². The number of hydrogen-bond acceptors (Lipinski definition) is 3. The van der Waals surface area contributed by atoms with Gasteiger partial charge in [-0.1, -0.05) is 19.1 Å². The summed E-state index contributed by atoms with van der Waals surface area (Å²) in [7, 11) is -0.304. The van der Waals surface area contributed by atoms with Gasteiger partial charge in [0, 0.05) is 33.7 Å². The molecule has 1 saturated heterocycles. The number of halogens is 1. The van der Waals surface area contributed by atoms with Crippen LogP contribution < -0.4 is 5.32 Å². The summed E-state index contributed by atoms with van der Waals surface area (Å²) >= 11 is 0. The number of hydrogen-bond donors (Lipinski definition) is 1. The van der Waals surface area contributed by atoms with Gasteiger partial charge in [-0.3, -0.25) is 0 Å². The van der Waals surface area contributed by atoms with E-state index in [0.717, 1.165) is 37.1 Å². The lowest BCUT2D eigenvalue weighted by atomic mass is 10.00. The summed E-state index contributed by atoms with van der Waals surface area (Å²) in [6.45, 7) is 7.81. The number of benzene rings is 1. The predicted molar refractivity (Wildman–Crippen MR) is 118 cm³/mol. The molecule has 1 aliphatic rings. The normalized spacial score (nSPS) is 16.5. The zero-order chi connectivity index (χ0) is 18.4. The molecule has 0 atom stereocenters. The molecule has 0 unspecified atom stereocenters. The van der Waals surface area contributed by atoms with Gasteiger partial charge in [-0.05, 0) is 43.4 Å². The average molecular weight is 494 g/mol. The smallest absolute Gasteiger partial charge is 0.242 e. The van der Waals surface area contributed by atoms with Gasteiger partial charge in [-0.2, -0.15) is 0 Å². The Hall–Kier alpha value is -0.870. The Morgan fingerprint density at radius 2 is 1.81 bits per heavy atom. The van der Waals surface area contributed by atoms with Crippen molar-refractivity contribution in [2.24, 2.45) is 10.9 Å². The van der Waals surface area contributed by atoms with Gasteiger partial charge in [0.2, 0.25) is 10.0 Å². The highest BCUT2D eigenvalue weighted by atomic mass is 127. The first-order valence-electron chi connectivity index (χ1n) is 8.89. The van der Waals surface area contributed by atoms with Gasteiger partial charge < -0.3 is 10.2 Å². The molecule has 1 heterocycles. The van der Waals surface area contributed by atoms with E-state index >= 15 is 0 Å². The fourth-order valence-electron chi connectivity index (χ4n) is 2.79. The minimum Gasteiger partial charge on any atom is -0.357 e. The van der Waals surface area contributed by atoms with Crippen molar-refractivity contribution in [2.75, 3.05) is 33.7 Å². The van der Waals surface area contributed by atoms with E-state index in [0.29, 0.717) is 11.4 Å². The SMILES string of the molecule is CCNC(=NCc1ccc(S(=O)(=O)N(C)C)cc1)N1CCC(C)CC1.I. The van der Waals surface area contributed by atoms with Gasteiger partial charge in [0.1, 0.15) is 0 Å². The molecule has 0 radical (unpaired) electrons. The first kappa shape index (κ1) is 23.2. The Balaban J connectivity index is 0.00000338. The van der Waals surface area contributed by atoms with Crippen molar-refractivity contribution in [3.8, 4) is 0 Å². The molecule has 0 saturated carbocycles. The van der Waals surface area contributed by atoms with Gasteiger partial charge >= 0.3 is 0 Å². The van der Waals surface area contributed by atoms with E-state index in [1.807, 2.05) is 12.1 Å². The number of nitrogens with one attached hydrogen (secondary N) is 1. The monoisotopic (exact) mass is 494 g/mol. The topological polar surface area (TPSA) is 65.0 Å². The molecule has 0 spiro atoms. The van der Waals surface area contributed by atoms with Crippen LogP contribution in [0.3, 0.4) is 0 Å². The fraction of sp³-hybridized carbons (Fsp3) is 0.611. The molecule has 2 rings (SSSR count). The first-order chi connectivity index (χ1) is 11.8. The summed E-state index contributed by atoms with van der Waals surface area (Å²) in [6, 6.07) is 6.97. The Labute approximate surface area is 175 Å². The standard InChI is InChI=1S/C18H30N4O2S.HI/c1-5-19-18(22-12-10-15(2)11-13-22)20-14-16-6-8-17(9-7-16)25(23,24)21(3)4;/h6-9,15H,5,10-14H2,1-4H3,(H,19,20);1H. The van der Waals surface area contributed by atoms with Crippen molar-refractivity contribution in [1.82, 2.24) is 14.5 Å². The molecule has 26 heavy (non-hydrogen) atoms. The molecule has 1 N–H and O–H groups in total. The van der Waals surface area contributed by atoms with E-state index in [1.165, 1.54) is 31.2 Å². The number of guanidine groups is 1. The molecule has 1 aromatic carbocycles. The Bertz CT molecular complexity index is 682. The van der Waals surface area contributed by atoms with Crippen LogP contribution in [0.25, 0.3) is 0 Å². The van der Waals surface area contributed by atoms with Crippen LogP contribution in [0.15, 0.2) is 34.2 Å². The summed E-state index contributed by atoms with van der Waals surface area (Å²) in [5.74, 6) is 1.73. The van der Waals surface area contributed by atoms with E-state index in [9.17, 15) is 8.42 Å². The van der Waals surface area contributed by atoms with Gasteiger partial charge in [0.25, 0.3) is 0 Å². The zero-order valence-corrected chi connectivity index (χ0v) is 19.3. The quantitative estimate of drug-likeness (QED) is 0.389. The van der Waals surface area contributed by atoms with Gasteiger partial charge in [-0.25, -0.2) is 17.7 Å². The second-order valence-corrected chi connectivity index (χ2v) is 8.92. The highest BCUT2D eigenvalue weighted by Crippen LogP contribution is 2.17. The average Bonchev–Trinajstić information content (AvgIpc) is 2.59. The summed E-state index contributed by atoms with van der Waals surface area (Å²) in [6.07, 6.45) is 2.39. The maximum absolute atomic E-state index is 12.1. The third-order valence-electron chi connectivity index (χ3n) is 4.53. The molecule has 1 fully saturated rings. The van der Waals surface area contributed by atoms with Crippen molar-refractivity contribution in [3.63, 3.8) is 0 Å². The first-order valence-corrected chi connectivity index (χ1v) is 10.3. The summed E-state index contributed by atoms with van der Waals surface area (Å²) in [4.78, 5) is 7.35. The maximum atomic E-state index is 12.1. The van der Waals surface area contributed by atoms with E-state index in [1.54, 1.807) is 12.1 Å². The van der Waals surface area contributed by atoms with Crippen molar-refractivity contribution >= 4 is 40.0 Å². The molecule has 8 heteroatoms. The molecular weight excluding hydrogens is 463 g/mol. The molecule has 0 aliphatic carbocycles. The van der Waals surface area contributed by atoms with Crippen molar-refractivity contribution in [2.45, 2.75) is 38.1 Å². The minimum atomic E-state index is -3.38. The Kier molecular flexibility index (Phi) is 9.32. The van der Waals surface area contributed by atoms with Gasteiger partial charge in [0.15, 0.2) is 5.96 Å². The largest absolute Gasteiger partial charge is 0.357 e. The molecule has 0 aromatic heterocycles. The molecule has 0 amide bonds. The van der Waals surface area contributed by atoms with Crippen LogP contribution in [0.2, 0.25) is 0 Å². The van der Waals surface area contributed by atoms with Crippen molar-refractivity contribution < 1.29 is 8.42 Å². The lowest BCUT2D eigenvalue weighted by molar-refractivity contribution is 0.273. The second kappa shape index (κ2) is 10.5. The fourth-order valence-corrected chi connectivity index (χ4v) is 3.69. The van der Waals surface area contributed by atoms with Gasteiger partial charge in [0.05, 0.1) is 11.4 Å².